The van der Waals surface area contributed by atoms with Crippen molar-refractivity contribution in [2.75, 3.05) is 5.32 Å². The Morgan fingerprint density at radius 1 is 1.03 bits per heavy atom. The Morgan fingerprint density at radius 3 is 2.48 bits per heavy atom. The van der Waals surface area contributed by atoms with Gasteiger partial charge in [-0.2, -0.15) is 0 Å². The molecule has 0 saturated carbocycles. The number of hydrogen-bond acceptors (Lipinski definition) is 4. The predicted octanol–water partition coefficient (Wildman–Crippen LogP) is 5.94. The monoisotopic (exact) mass is 482 g/mol. The van der Waals surface area contributed by atoms with E-state index in [1.165, 1.54) is 25.1 Å². The number of carbonyl (C=O) groups excluding carboxylic acids is 3. The summed E-state index contributed by atoms with van der Waals surface area (Å²) >= 11 is 12.3. The van der Waals surface area contributed by atoms with Gasteiger partial charge in [-0.25, -0.2) is 4.79 Å². The van der Waals surface area contributed by atoms with Crippen molar-refractivity contribution < 1.29 is 19.1 Å². The second-order valence-corrected chi connectivity index (χ2v) is 8.76. The molecule has 3 aromatic rings. The number of hydrogen-bond donors (Lipinski definition) is 2. The number of halogens is 2. The van der Waals surface area contributed by atoms with Crippen LogP contribution < -0.4 is 15.4 Å². The maximum absolute atomic E-state index is 13.4. The van der Waals surface area contributed by atoms with Gasteiger partial charge in [0.1, 0.15) is 11.2 Å². The Bertz CT molecular complexity index is 1260. The summed E-state index contributed by atoms with van der Waals surface area (Å²) in [4.78, 5) is 38.8. The van der Waals surface area contributed by atoms with E-state index in [0.29, 0.717) is 10.6 Å². The molecular formula is C25H20Cl2N2O4. The fourth-order valence-corrected chi connectivity index (χ4v) is 4.35. The van der Waals surface area contributed by atoms with Crippen molar-refractivity contribution in [3.05, 3.63) is 93.5 Å². The molecule has 0 aliphatic carbocycles. The SMILES string of the molecule is C[C@H](NC(=O)Oc1cccc(C2(C)C(=O)Nc3cc(Cl)cc(Cl)c3C2=O)c1)c1ccccc1. The topological polar surface area (TPSA) is 84.5 Å². The molecule has 168 valence electrons. The number of amides is 2. The van der Waals surface area contributed by atoms with Gasteiger partial charge in [-0.3, -0.25) is 9.59 Å². The molecule has 1 aliphatic rings. The van der Waals surface area contributed by atoms with E-state index in [0.717, 1.165) is 5.56 Å². The van der Waals surface area contributed by atoms with Gasteiger partial charge in [0.05, 0.1) is 22.3 Å². The van der Waals surface area contributed by atoms with Crippen molar-refractivity contribution in [3.63, 3.8) is 0 Å². The smallest absolute Gasteiger partial charge is 0.410 e. The number of fused-ring (bicyclic) bond motifs is 1. The molecule has 0 bridgehead atoms. The van der Waals surface area contributed by atoms with Gasteiger partial charge in [0, 0.05) is 5.02 Å². The maximum atomic E-state index is 13.4. The number of benzene rings is 3. The van der Waals surface area contributed by atoms with E-state index in [4.69, 9.17) is 27.9 Å². The van der Waals surface area contributed by atoms with Crippen LogP contribution in [0, 0.1) is 0 Å². The molecule has 33 heavy (non-hydrogen) atoms. The molecular weight excluding hydrogens is 463 g/mol. The van der Waals surface area contributed by atoms with Gasteiger partial charge in [0.2, 0.25) is 5.91 Å². The molecule has 1 heterocycles. The van der Waals surface area contributed by atoms with Crippen LogP contribution in [0.5, 0.6) is 5.75 Å². The van der Waals surface area contributed by atoms with Gasteiger partial charge in [0.15, 0.2) is 5.78 Å². The third kappa shape index (κ3) is 4.32. The van der Waals surface area contributed by atoms with Crippen LogP contribution in [0.25, 0.3) is 0 Å². The largest absolute Gasteiger partial charge is 0.413 e. The molecule has 0 fully saturated rings. The lowest BCUT2D eigenvalue weighted by molar-refractivity contribution is -0.119. The average Bonchev–Trinajstić information content (AvgIpc) is 2.77. The second-order valence-electron chi connectivity index (χ2n) is 7.91. The highest BCUT2D eigenvalue weighted by molar-refractivity contribution is 6.41. The molecule has 0 aromatic heterocycles. The molecule has 0 radical (unpaired) electrons. The van der Waals surface area contributed by atoms with Crippen LogP contribution in [0.1, 0.15) is 41.4 Å². The van der Waals surface area contributed by atoms with Crippen molar-refractivity contribution in [1.82, 2.24) is 5.32 Å². The minimum atomic E-state index is -1.57. The number of ketones is 1. The molecule has 3 aromatic carbocycles. The van der Waals surface area contributed by atoms with Crippen LogP contribution in [0.15, 0.2) is 66.7 Å². The molecule has 0 saturated heterocycles. The summed E-state index contributed by atoms with van der Waals surface area (Å²) < 4.78 is 5.43. The number of nitrogens with one attached hydrogen (secondary N) is 2. The number of anilines is 1. The molecule has 4 rings (SSSR count). The standard InChI is InChI=1S/C25H20Cl2N2O4/c1-14(15-7-4-3-5-8-15)28-24(32)33-18-10-6-9-16(11-18)25(2)22(30)21-19(27)12-17(26)13-20(21)29-23(25)31/h3-14H,1-2H3,(H,28,32)(H,29,31)/t14-,25?/m0/s1. The first-order valence-electron chi connectivity index (χ1n) is 10.2. The lowest BCUT2D eigenvalue weighted by Gasteiger charge is -2.33. The Kier molecular flexibility index (Phi) is 6.15. The fraction of sp³-hybridized carbons (Fsp3) is 0.160. The summed E-state index contributed by atoms with van der Waals surface area (Å²) in [6.45, 7) is 3.35. The molecule has 2 N–H and O–H groups in total. The van der Waals surface area contributed by atoms with Gasteiger partial charge in [-0.05, 0) is 49.2 Å². The Labute approximate surface area is 200 Å². The molecule has 6 nitrogen and oxygen atoms in total. The summed E-state index contributed by atoms with van der Waals surface area (Å²) in [5.74, 6) is -0.806. The number of ether oxygens (including phenoxy) is 1. The lowest BCUT2D eigenvalue weighted by atomic mass is 9.73. The van der Waals surface area contributed by atoms with Crippen molar-refractivity contribution in [2.24, 2.45) is 0 Å². The van der Waals surface area contributed by atoms with Crippen molar-refractivity contribution in [1.29, 1.82) is 0 Å². The molecule has 1 unspecified atom stereocenters. The highest BCUT2D eigenvalue weighted by atomic mass is 35.5. The third-order valence-electron chi connectivity index (χ3n) is 5.69. The Morgan fingerprint density at radius 2 is 1.76 bits per heavy atom. The first-order chi connectivity index (χ1) is 15.7. The molecule has 8 heteroatoms. The first kappa shape index (κ1) is 22.8. The summed E-state index contributed by atoms with van der Waals surface area (Å²) in [5, 5.41) is 5.93. The Hall–Kier alpha value is -3.35. The molecule has 1 aliphatic heterocycles. The van der Waals surface area contributed by atoms with Crippen LogP contribution in [-0.4, -0.2) is 17.8 Å². The van der Waals surface area contributed by atoms with Crippen molar-refractivity contribution in [3.8, 4) is 5.75 Å². The predicted molar refractivity (Wildman–Crippen MR) is 127 cm³/mol. The van der Waals surface area contributed by atoms with Crippen molar-refractivity contribution >= 4 is 46.7 Å². The van der Waals surface area contributed by atoms with E-state index < -0.39 is 23.2 Å². The van der Waals surface area contributed by atoms with Gasteiger partial charge in [-0.1, -0.05) is 65.7 Å². The quantitative estimate of drug-likeness (QED) is 0.450. The van der Waals surface area contributed by atoms with E-state index in [2.05, 4.69) is 10.6 Å². The van der Waals surface area contributed by atoms with Gasteiger partial charge in [-0.15, -0.1) is 0 Å². The summed E-state index contributed by atoms with van der Waals surface area (Å²) in [6.07, 6.45) is -0.656. The summed E-state index contributed by atoms with van der Waals surface area (Å²) in [7, 11) is 0. The van der Waals surface area contributed by atoms with E-state index in [9.17, 15) is 14.4 Å². The van der Waals surface area contributed by atoms with Gasteiger partial charge in [0.25, 0.3) is 0 Å². The van der Waals surface area contributed by atoms with Crippen molar-refractivity contribution in [2.45, 2.75) is 25.3 Å². The molecule has 0 spiro atoms. The van der Waals surface area contributed by atoms with Crippen LogP contribution in [-0.2, 0) is 10.2 Å². The minimum Gasteiger partial charge on any atom is -0.410 e. The van der Waals surface area contributed by atoms with Gasteiger partial charge < -0.3 is 15.4 Å². The normalized spacial score (nSPS) is 18.2. The van der Waals surface area contributed by atoms with E-state index >= 15 is 0 Å². The number of Topliss-reactive ketones (excluding diaryl/α,β-unsaturated/α-hetero) is 1. The summed E-state index contributed by atoms with van der Waals surface area (Å²) in [6, 6.07) is 18.4. The summed E-state index contributed by atoms with van der Waals surface area (Å²) in [5.41, 5.74) is 0.168. The fourth-order valence-electron chi connectivity index (χ4n) is 3.77. The zero-order chi connectivity index (χ0) is 23.8. The highest BCUT2D eigenvalue weighted by Crippen LogP contribution is 2.41. The number of carbonyl (C=O) groups is 3. The highest BCUT2D eigenvalue weighted by Gasteiger charge is 2.48. The number of rotatable bonds is 4. The second kappa shape index (κ2) is 8.89. The third-order valence-corrected chi connectivity index (χ3v) is 6.21. The van der Waals surface area contributed by atoms with Crippen LogP contribution >= 0.6 is 23.2 Å². The average molecular weight is 483 g/mol. The maximum Gasteiger partial charge on any atom is 0.413 e. The first-order valence-corrected chi connectivity index (χ1v) is 10.9. The minimum absolute atomic E-state index is 0.149. The Balaban J connectivity index is 1.58. The lowest BCUT2D eigenvalue weighted by Crippen LogP contribution is -2.48. The van der Waals surface area contributed by atoms with E-state index in [1.54, 1.807) is 18.2 Å². The zero-order valence-corrected chi connectivity index (χ0v) is 19.3. The van der Waals surface area contributed by atoms with E-state index in [-0.39, 0.29) is 28.1 Å². The molecule has 2 atom stereocenters. The molecule has 2 amide bonds. The van der Waals surface area contributed by atoms with Crippen LogP contribution in [0.4, 0.5) is 10.5 Å². The van der Waals surface area contributed by atoms with Gasteiger partial charge >= 0.3 is 6.09 Å². The van der Waals surface area contributed by atoms with Crippen LogP contribution in [0.2, 0.25) is 10.0 Å². The van der Waals surface area contributed by atoms with E-state index in [1.807, 2.05) is 37.3 Å². The zero-order valence-electron chi connectivity index (χ0n) is 17.8. The van der Waals surface area contributed by atoms with Crippen LogP contribution in [0.3, 0.4) is 0 Å².